The Morgan fingerprint density at radius 3 is 2.37 bits per heavy atom. The van der Waals surface area contributed by atoms with Gasteiger partial charge in [0.25, 0.3) is 0 Å². The van der Waals surface area contributed by atoms with Crippen molar-refractivity contribution in [2.45, 2.75) is 31.4 Å². The summed E-state index contributed by atoms with van der Waals surface area (Å²) >= 11 is 0. The van der Waals surface area contributed by atoms with E-state index in [0.29, 0.717) is 0 Å². The van der Waals surface area contributed by atoms with E-state index in [0.717, 1.165) is 0 Å². The van der Waals surface area contributed by atoms with Crippen LogP contribution in [0.15, 0.2) is 11.3 Å². The molecule has 0 fully saturated rings. The van der Waals surface area contributed by atoms with Gasteiger partial charge in [0.15, 0.2) is 0 Å². The van der Waals surface area contributed by atoms with Crippen LogP contribution in [0.25, 0.3) is 0 Å². The smallest absolute Gasteiger partial charge is 0.534 e. The van der Waals surface area contributed by atoms with Crippen LogP contribution in [-0.4, -0.2) is 32.1 Å². The highest BCUT2D eigenvalue weighted by molar-refractivity contribution is 7.87. The van der Waals surface area contributed by atoms with Crippen LogP contribution in [0.3, 0.4) is 0 Å². The van der Waals surface area contributed by atoms with Gasteiger partial charge >= 0.3 is 15.6 Å². The molecule has 0 aromatic heterocycles. The molecule has 0 bridgehead atoms. The third kappa shape index (κ3) is 3.60. The lowest BCUT2D eigenvalue weighted by atomic mass is 9.98. The molecule has 0 saturated carbocycles. The largest absolute Gasteiger partial charge is 0.545 e. The summed E-state index contributed by atoms with van der Waals surface area (Å²) in [6.07, 6.45) is -0.439. The third-order valence-electron chi connectivity index (χ3n) is 2.27. The van der Waals surface area contributed by atoms with Crippen LogP contribution >= 0.6 is 0 Å². The standard InChI is InChI=1S/C9H11F3O6S/c1-8(2)3-6(5(4-17-8)7(13)14)18-19(15,16)9(10,11)12/h3-4H2,1-2H3,(H,13,14)/p-1. The molecule has 0 amide bonds. The summed E-state index contributed by atoms with van der Waals surface area (Å²) in [7, 11) is -5.92. The third-order valence-corrected chi connectivity index (χ3v) is 3.26. The predicted molar refractivity (Wildman–Crippen MR) is 52.7 cm³/mol. The molecule has 10 heteroatoms. The fraction of sp³-hybridized carbons (Fsp3) is 0.667. The van der Waals surface area contributed by atoms with Crippen LogP contribution in [0, 0.1) is 0 Å². The van der Waals surface area contributed by atoms with E-state index in [9.17, 15) is 31.5 Å². The minimum Gasteiger partial charge on any atom is -0.545 e. The Morgan fingerprint density at radius 1 is 1.42 bits per heavy atom. The molecular weight excluding hydrogens is 293 g/mol. The average molecular weight is 303 g/mol. The molecule has 0 atom stereocenters. The summed E-state index contributed by atoms with van der Waals surface area (Å²) in [5.41, 5.74) is -7.44. The summed E-state index contributed by atoms with van der Waals surface area (Å²) in [4.78, 5) is 10.7. The monoisotopic (exact) mass is 303 g/mol. The molecule has 0 spiro atoms. The molecule has 1 rings (SSSR count). The van der Waals surface area contributed by atoms with E-state index in [2.05, 4.69) is 4.18 Å². The molecule has 0 radical (unpaired) electrons. The first-order valence-corrected chi connectivity index (χ1v) is 6.35. The Hall–Kier alpha value is -1.29. The maximum Gasteiger partial charge on any atom is 0.534 e. The summed E-state index contributed by atoms with van der Waals surface area (Å²) in [5, 5.41) is 10.7. The van der Waals surface area contributed by atoms with Crippen LogP contribution in [0.1, 0.15) is 20.3 Å². The van der Waals surface area contributed by atoms with Crippen LogP contribution in [-0.2, 0) is 23.8 Å². The normalized spacial score (nSPS) is 20.3. The van der Waals surface area contributed by atoms with Crippen molar-refractivity contribution in [2.75, 3.05) is 6.61 Å². The molecule has 0 unspecified atom stereocenters. The first-order valence-electron chi connectivity index (χ1n) is 4.94. The van der Waals surface area contributed by atoms with Crippen LogP contribution in [0.4, 0.5) is 13.2 Å². The zero-order valence-corrected chi connectivity index (χ0v) is 10.7. The molecule has 1 heterocycles. The molecule has 0 saturated heterocycles. The van der Waals surface area contributed by atoms with Gasteiger partial charge in [-0.1, -0.05) is 0 Å². The van der Waals surface area contributed by atoms with Gasteiger partial charge in [-0.25, -0.2) is 0 Å². The Balaban J connectivity index is 3.17. The van der Waals surface area contributed by atoms with Crippen molar-refractivity contribution >= 4 is 16.1 Å². The van der Waals surface area contributed by atoms with Gasteiger partial charge < -0.3 is 18.8 Å². The minimum atomic E-state index is -5.92. The zero-order chi connectivity index (χ0) is 15.1. The maximum absolute atomic E-state index is 12.2. The number of hydrogen-bond acceptors (Lipinski definition) is 6. The summed E-state index contributed by atoms with van der Waals surface area (Å²) < 4.78 is 67.2. The fourth-order valence-electron chi connectivity index (χ4n) is 1.32. The van der Waals surface area contributed by atoms with E-state index < -0.39 is 51.6 Å². The molecule has 110 valence electrons. The number of hydrogen-bond donors (Lipinski definition) is 0. The first kappa shape index (κ1) is 15.8. The van der Waals surface area contributed by atoms with Crippen LogP contribution < -0.4 is 5.11 Å². The van der Waals surface area contributed by atoms with Gasteiger partial charge in [-0.3, -0.25) is 0 Å². The molecule has 19 heavy (non-hydrogen) atoms. The molecule has 1 aliphatic rings. The molecule has 6 nitrogen and oxygen atoms in total. The number of alkyl halides is 3. The first-order chi connectivity index (χ1) is 8.36. The van der Waals surface area contributed by atoms with Gasteiger partial charge in [-0.05, 0) is 13.8 Å². The van der Waals surface area contributed by atoms with E-state index in [1.807, 2.05) is 0 Å². The van der Waals surface area contributed by atoms with Crippen molar-refractivity contribution in [3.05, 3.63) is 11.3 Å². The van der Waals surface area contributed by atoms with Gasteiger partial charge in [0.05, 0.1) is 18.2 Å². The Kier molecular flexibility index (Phi) is 3.88. The zero-order valence-electron chi connectivity index (χ0n) is 9.91. The second kappa shape index (κ2) is 4.67. The SMILES string of the molecule is CC1(C)CC(OS(=O)(=O)C(F)(F)F)=C(C(=O)[O-])CO1. The Labute approximate surface area is 106 Å². The summed E-state index contributed by atoms with van der Waals surface area (Å²) in [6.45, 7) is 2.29. The number of aliphatic carboxylic acids is 1. The summed E-state index contributed by atoms with van der Waals surface area (Å²) in [6, 6.07) is 0. The fourth-order valence-corrected chi connectivity index (χ4v) is 1.84. The Morgan fingerprint density at radius 2 is 1.95 bits per heavy atom. The topological polar surface area (TPSA) is 92.7 Å². The molecule has 1 aliphatic heterocycles. The van der Waals surface area contributed by atoms with E-state index in [1.54, 1.807) is 0 Å². The summed E-state index contributed by atoms with van der Waals surface area (Å²) in [5.74, 6) is -2.67. The number of rotatable bonds is 3. The number of carboxylic acids is 1. The average Bonchev–Trinajstić information content (AvgIpc) is 2.12. The highest BCUT2D eigenvalue weighted by atomic mass is 32.2. The lowest BCUT2D eigenvalue weighted by molar-refractivity contribution is -0.300. The predicted octanol–water partition coefficient (Wildman–Crippen LogP) is 0.0555. The van der Waals surface area contributed by atoms with E-state index in [-0.39, 0.29) is 0 Å². The van der Waals surface area contributed by atoms with Crippen molar-refractivity contribution < 1.29 is 40.4 Å². The van der Waals surface area contributed by atoms with Gasteiger partial charge in [0, 0.05) is 12.0 Å². The van der Waals surface area contributed by atoms with Crippen molar-refractivity contribution in [3.63, 3.8) is 0 Å². The van der Waals surface area contributed by atoms with Gasteiger partial charge in [0.2, 0.25) is 0 Å². The minimum absolute atomic E-state index is 0.439. The van der Waals surface area contributed by atoms with Gasteiger partial charge in [0.1, 0.15) is 5.76 Å². The number of carbonyl (C=O) groups is 1. The lowest BCUT2D eigenvalue weighted by Gasteiger charge is -2.33. The van der Waals surface area contributed by atoms with Crippen molar-refractivity contribution in [3.8, 4) is 0 Å². The molecule has 0 aliphatic carbocycles. The van der Waals surface area contributed by atoms with Gasteiger partial charge in [-0.2, -0.15) is 21.6 Å². The second-order valence-corrected chi connectivity index (χ2v) is 5.94. The van der Waals surface area contributed by atoms with Gasteiger partial charge in [-0.15, -0.1) is 0 Å². The highest BCUT2D eigenvalue weighted by Crippen LogP contribution is 2.34. The highest BCUT2D eigenvalue weighted by Gasteiger charge is 2.49. The number of ether oxygens (including phenoxy) is 1. The van der Waals surface area contributed by atoms with E-state index in [4.69, 9.17) is 4.74 Å². The van der Waals surface area contributed by atoms with E-state index in [1.165, 1.54) is 13.8 Å². The van der Waals surface area contributed by atoms with Crippen molar-refractivity contribution in [1.29, 1.82) is 0 Å². The van der Waals surface area contributed by atoms with Crippen LogP contribution in [0.2, 0.25) is 0 Å². The number of halogens is 3. The molecule has 0 aromatic rings. The number of carboxylic acid groups (broad SMARTS) is 1. The van der Waals surface area contributed by atoms with Crippen LogP contribution in [0.5, 0.6) is 0 Å². The molecule has 0 aromatic carbocycles. The van der Waals surface area contributed by atoms with Crippen molar-refractivity contribution in [2.24, 2.45) is 0 Å². The maximum atomic E-state index is 12.2. The molecule has 0 N–H and O–H groups in total. The number of carbonyl (C=O) groups excluding carboxylic acids is 1. The lowest BCUT2D eigenvalue weighted by Crippen LogP contribution is -2.39. The van der Waals surface area contributed by atoms with Crippen molar-refractivity contribution in [1.82, 2.24) is 0 Å². The second-order valence-electron chi connectivity index (χ2n) is 4.40. The quantitative estimate of drug-likeness (QED) is 0.540. The molecular formula is C9H10F3O6S-. The van der Waals surface area contributed by atoms with E-state index >= 15 is 0 Å². The Bertz CT molecular complexity index is 517.